The van der Waals surface area contributed by atoms with Gasteiger partial charge in [0, 0.05) is 28.7 Å². The van der Waals surface area contributed by atoms with Crippen molar-refractivity contribution < 1.29 is 27.4 Å². The molecule has 186 valence electrons. The van der Waals surface area contributed by atoms with Crippen LogP contribution in [0, 0.1) is 6.92 Å². The Morgan fingerprint density at radius 1 is 1.11 bits per heavy atom. The second-order valence-corrected chi connectivity index (χ2v) is 7.80. The number of nitrogens with one attached hydrogen (secondary N) is 3. The number of H-pyrrole nitrogens is 1. The van der Waals surface area contributed by atoms with Crippen LogP contribution in [0.3, 0.4) is 0 Å². The number of hydrogen-bond acceptors (Lipinski definition) is 5. The number of carbonyl (C=O) groups is 1. The van der Waals surface area contributed by atoms with Gasteiger partial charge in [-0.15, -0.1) is 0 Å². The Labute approximate surface area is 199 Å². The highest BCUT2D eigenvalue weighted by atomic mass is 19.4. The van der Waals surface area contributed by atoms with Crippen LogP contribution in [0.1, 0.15) is 32.0 Å². The van der Waals surface area contributed by atoms with E-state index in [-0.39, 0.29) is 28.6 Å². The summed E-state index contributed by atoms with van der Waals surface area (Å²) in [7, 11) is 0. The maximum Gasteiger partial charge on any atom is 0.420 e. The van der Waals surface area contributed by atoms with Gasteiger partial charge in [-0.1, -0.05) is 0 Å². The molecule has 35 heavy (non-hydrogen) atoms. The lowest BCUT2D eigenvalue weighted by Crippen LogP contribution is -2.21. The van der Waals surface area contributed by atoms with Gasteiger partial charge in [-0.3, -0.25) is 10.1 Å². The highest BCUT2D eigenvalue weighted by Gasteiger charge is 2.35. The van der Waals surface area contributed by atoms with Crippen molar-refractivity contribution >= 4 is 17.5 Å². The molecule has 0 bridgehead atoms. The van der Waals surface area contributed by atoms with Crippen LogP contribution >= 0.6 is 0 Å². The molecule has 0 aliphatic heterocycles. The third-order valence-electron chi connectivity index (χ3n) is 4.71. The van der Waals surface area contributed by atoms with Gasteiger partial charge in [-0.05, 0) is 64.1 Å². The van der Waals surface area contributed by atoms with Crippen molar-refractivity contribution in [2.45, 2.75) is 40.0 Å². The molecule has 2 heterocycles. The number of ether oxygens (including phenoxy) is 2. The van der Waals surface area contributed by atoms with Crippen molar-refractivity contribution in [3.8, 4) is 22.6 Å². The molecule has 1 aromatic carbocycles. The Bertz CT molecular complexity index is 1270. The Kier molecular flexibility index (Phi) is 7.68. The molecular formula is C24H25F3N4O4. The van der Waals surface area contributed by atoms with Gasteiger partial charge in [-0.25, -0.2) is 9.78 Å². The molecule has 3 aromatic rings. The molecule has 2 amide bonds. The van der Waals surface area contributed by atoms with Gasteiger partial charge in [-0.2, -0.15) is 13.2 Å². The molecule has 0 spiro atoms. The largest absolute Gasteiger partial charge is 0.490 e. The van der Waals surface area contributed by atoms with Crippen LogP contribution in [0.15, 0.2) is 47.4 Å². The van der Waals surface area contributed by atoms with Crippen LogP contribution in [0.5, 0.6) is 11.5 Å². The van der Waals surface area contributed by atoms with Crippen LogP contribution in [0.4, 0.5) is 29.5 Å². The van der Waals surface area contributed by atoms with E-state index >= 15 is 0 Å². The molecule has 0 radical (unpaired) electrons. The summed E-state index contributed by atoms with van der Waals surface area (Å²) < 4.78 is 50.8. The summed E-state index contributed by atoms with van der Waals surface area (Å²) in [5, 5.41) is 4.87. The van der Waals surface area contributed by atoms with E-state index in [0.717, 1.165) is 12.1 Å². The number of urea groups is 1. The number of nitrogens with zero attached hydrogens (tertiary/aromatic N) is 1. The fourth-order valence-corrected chi connectivity index (χ4v) is 3.28. The third kappa shape index (κ3) is 6.52. The standard InChI is InChI=1S/C24H25F3N4O4/c1-5-34-20-10-15(12-28-22(20)32)17-7-9-21(29-14(17)4)31-23(33)30-16-6-8-19(35-13(2)3)18(11-16)24(25,26)27/h6-13H,5H2,1-4H3,(H,28,32)(H2,29,30,31,33). The Hall–Kier alpha value is -4.02. The van der Waals surface area contributed by atoms with Crippen LogP contribution in [-0.2, 0) is 6.18 Å². The number of amides is 2. The van der Waals surface area contributed by atoms with Gasteiger partial charge in [0.1, 0.15) is 11.6 Å². The molecular weight excluding hydrogens is 465 g/mol. The van der Waals surface area contributed by atoms with E-state index in [0.29, 0.717) is 23.4 Å². The van der Waals surface area contributed by atoms with Gasteiger partial charge >= 0.3 is 12.2 Å². The fraction of sp³-hybridized carbons (Fsp3) is 0.292. The Morgan fingerprint density at radius 2 is 1.86 bits per heavy atom. The molecule has 0 fully saturated rings. The van der Waals surface area contributed by atoms with Crippen LogP contribution in [-0.4, -0.2) is 28.7 Å². The van der Waals surface area contributed by atoms with E-state index in [9.17, 15) is 22.8 Å². The minimum absolute atomic E-state index is 0.0593. The number of benzene rings is 1. The highest BCUT2D eigenvalue weighted by Crippen LogP contribution is 2.38. The molecule has 0 atom stereocenters. The zero-order valence-corrected chi connectivity index (χ0v) is 19.5. The summed E-state index contributed by atoms with van der Waals surface area (Å²) >= 11 is 0. The molecule has 2 aromatic heterocycles. The number of rotatable bonds is 7. The minimum Gasteiger partial charge on any atom is -0.490 e. The van der Waals surface area contributed by atoms with Crippen LogP contribution < -0.4 is 25.7 Å². The quantitative estimate of drug-likeness (QED) is 0.400. The number of anilines is 2. The fourth-order valence-electron chi connectivity index (χ4n) is 3.28. The summed E-state index contributed by atoms with van der Waals surface area (Å²) in [6.07, 6.45) is -3.58. The van der Waals surface area contributed by atoms with Gasteiger partial charge in [0.05, 0.1) is 18.3 Å². The first-order valence-corrected chi connectivity index (χ1v) is 10.8. The molecule has 0 aliphatic carbocycles. The van der Waals surface area contributed by atoms with Crippen molar-refractivity contribution in [3.63, 3.8) is 0 Å². The summed E-state index contributed by atoms with van der Waals surface area (Å²) in [5.41, 5.74) is 0.507. The molecule has 0 aliphatic rings. The predicted molar refractivity (Wildman–Crippen MR) is 126 cm³/mol. The summed E-state index contributed by atoms with van der Waals surface area (Å²) in [5.74, 6) is 0.0455. The van der Waals surface area contributed by atoms with E-state index < -0.39 is 23.9 Å². The highest BCUT2D eigenvalue weighted by molar-refractivity contribution is 5.99. The smallest absolute Gasteiger partial charge is 0.420 e. The van der Waals surface area contributed by atoms with Crippen molar-refractivity contribution in [3.05, 3.63) is 64.2 Å². The topological polar surface area (TPSA) is 105 Å². The molecule has 0 saturated heterocycles. The Morgan fingerprint density at radius 3 is 2.49 bits per heavy atom. The molecule has 8 nitrogen and oxygen atoms in total. The summed E-state index contributed by atoms with van der Waals surface area (Å²) in [6.45, 7) is 7.05. The van der Waals surface area contributed by atoms with E-state index in [1.54, 1.807) is 39.8 Å². The van der Waals surface area contributed by atoms with E-state index in [1.807, 2.05) is 0 Å². The number of carbonyl (C=O) groups excluding carboxylic acids is 1. The van der Waals surface area contributed by atoms with Crippen molar-refractivity contribution in [1.29, 1.82) is 0 Å². The average molecular weight is 490 g/mol. The third-order valence-corrected chi connectivity index (χ3v) is 4.71. The van der Waals surface area contributed by atoms with E-state index in [2.05, 4.69) is 20.6 Å². The number of pyridine rings is 2. The minimum atomic E-state index is -4.66. The van der Waals surface area contributed by atoms with Crippen molar-refractivity contribution in [2.24, 2.45) is 0 Å². The molecule has 11 heteroatoms. The number of aromatic nitrogens is 2. The zero-order valence-electron chi connectivity index (χ0n) is 19.5. The number of hydrogen-bond donors (Lipinski definition) is 3. The van der Waals surface area contributed by atoms with E-state index in [4.69, 9.17) is 9.47 Å². The average Bonchev–Trinajstić information content (AvgIpc) is 2.75. The summed E-state index contributed by atoms with van der Waals surface area (Å²) in [6, 6.07) is 7.35. The van der Waals surface area contributed by atoms with Gasteiger partial charge in [0.25, 0.3) is 5.56 Å². The molecule has 3 rings (SSSR count). The number of aryl methyl sites for hydroxylation is 1. The number of halogens is 3. The van der Waals surface area contributed by atoms with Crippen LogP contribution in [0.25, 0.3) is 11.1 Å². The second kappa shape index (κ2) is 10.5. The zero-order chi connectivity index (χ0) is 25.8. The maximum atomic E-state index is 13.4. The monoisotopic (exact) mass is 490 g/mol. The lowest BCUT2D eigenvalue weighted by molar-refractivity contribution is -0.139. The van der Waals surface area contributed by atoms with Crippen molar-refractivity contribution in [2.75, 3.05) is 17.2 Å². The van der Waals surface area contributed by atoms with Crippen molar-refractivity contribution in [1.82, 2.24) is 9.97 Å². The van der Waals surface area contributed by atoms with Crippen LogP contribution in [0.2, 0.25) is 0 Å². The maximum absolute atomic E-state index is 13.4. The second-order valence-electron chi connectivity index (χ2n) is 7.80. The molecule has 3 N–H and O–H groups in total. The first kappa shape index (κ1) is 25.6. The lowest BCUT2D eigenvalue weighted by atomic mass is 10.1. The SMILES string of the molecule is CCOc1cc(-c2ccc(NC(=O)Nc3ccc(OC(C)C)c(C(F)(F)F)c3)nc2C)c[nH]c1=O. The summed E-state index contributed by atoms with van der Waals surface area (Å²) in [4.78, 5) is 31.2. The normalized spacial score (nSPS) is 11.3. The number of alkyl halides is 3. The first-order valence-electron chi connectivity index (χ1n) is 10.8. The van der Waals surface area contributed by atoms with Gasteiger partial charge in [0.2, 0.25) is 0 Å². The molecule has 0 saturated carbocycles. The first-order chi connectivity index (χ1) is 16.5. The Balaban J connectivity index is 1.76. The lowest BCUT2D eigenvalue weighted by Gasteiger charge is -2.17. The van der Waals surface area contributed by atoms with E-state index in [1.165, 1.54) is 18.3 Å². The van der Waals surface area contributed by atoms with Gasteiger partial charge < -0.3 is 19.8 Å². The van der Waals surface area contributed by atoms with Gasteiger partial charge in [0.15, 0.2) is 5.75 Å². The number of aromatic amines is 1. The predicted octanol–water partition coefficient (Wildman–Crippen LogP) is 5.59. The molecule has 0 unspecified atom stereocenters.